The minimum Gasteiger partial charge on any atom is -0.361 e. The van der Waals surface area contributed by atoms with Gasteiger partial charge in [-0.3, -0.25) is 0 Å². The van der Waals surface area contributed by atoms with Crippen molar-refractivity contribution in [2.75, 3.05) is 0 Å². The summed E-state index contributed by atoms with van der Waals surface area (Å²) in [7, 11) is 0. The van der Waals surface area contributed by atoms with Crippen molar-refractivity contribution in [2.45, 2.75) is 26.9 Å². The number of hydrogen-bond donors (Lipinski definition) is 1. The molecule has 0 saturated carbocycles. The summed E-state index contributed by atoms with van der Waals surface area (Å²) in [5.41, 5.74) is 4.39. The summed E-state index contributed by atoms with van der Waals surface area (Å²) in [6.07, 6.45) is 3.71. The molecule has 0 spiro atoms. The van der Waals surface area contributed by atoms with E-state index in [-0.39, 0.29) is 0 Å². The van der Waals surface area contributed by atoms with E-state index >= 15 is 0 Å². The minimum absolute atomic E-state index is 0.766. The molecule has 108 valence electrons. The van der Waals surface area contributed by atoms with Crippen LogP contribution in [-0.2, 0) is 13.1 Å². The van der Waals surface area contributed by atoms with E-state index in [1.54, 1.807) is 6.20 Å². The van der Waals surface area contributed by atoms with Crippen LogP contribution in [-0.4, -0.2) is 14.9 Å². The maximum Gasteiger partial charge on any atom is 0.138 e. The third-order valence-corrected chi connectivity index (χ3v) is 3.52. The molecule has 0 aliphatic carbocycles. The van der Waals surface area contributed by atoms with Gasteiger partial charge in [0.05, 0.1) is 11.4 Å². The molecular weight excluding hydrogens is 264 g/mol. The van der Waals surface area contributed by atoms with Crippen molar-refractivity contribution < 1.29 is 4.52 Å². The van der Waals surface area contributed by atoms with Gasteiger partial charge in [-0.2, -0.15) is 5.10 Å². The van der Waals surface area contributed by atoms with E-state index in [0.29, 0.717) is 0 Å². The van der Waals surface area contributed by atoms with Crippen LogP contribution >= 0.6 is 0 Å². The molecule has 1 aromatic carbocycles. The lowest BCUT2D eigenvalue weighted by molar-refractivity contribution is 0.392. The molecule has 3 aromatic rings. The maximum atomic E-state index is 5.16. The highest BCUT2D eigenvalue weighted by atomic mass is 16.5. The Morgan fingerprint density at radius 3 is 2.57 bits per heavy atom. The number of rotatable bonds is 5. The molecule has 5 heteroatoms. The van der Waals surface area contributed by atoms with Gasteiger partial charge in [-0.05, 0) is 37.6 Å². The van der Waals surface area contributed by atoms with Crippen LogP contribution < -0.4 is 5.32 Å². The molecule has 21 heavy (non-hydrogen) atoms. The fourth-order valence-corrected chi connectivity index (χ4v) is 2.27. The van der Waals surface area contributed by atoms with E-state index in [2.05, 4.69) is 39.8 Å². The molecular formula is C16H18N4O. The zero-order chi connectivity index (χ0) is 14.7. The Morgan fingerprint density at radius 1 is 1.14 bits per heavy atom. The van der Waals surface area contributed by atoms with Crippen LogP contribution in [0.2, 0.25) is 0 Å². The van der Waals surface area contributed by atoms with Gasteiger partial charge in [-0.25, -0.2) is 4.68 Å². The van der Waals surface area contributed by atoms with Crippen molar-refractivity contribution in [1.82, 2.24) is 20.3 Å². The fraction of sp³-hybridized carbons (Fsp3) is 0.250. The first-order valence-corrected chi connectivity index (χ1v) is 6.95. The SMILES string of the molecule is Cc1noc(C)c1CNCc1ccc(-n2cccn2)cc1. The molecule has 2 aromatic heterocycles. The van der Waals surface area contributed by atoms with Crippen LogP contribution in [0.15, 0.2) is 47.2 Å². The van der Waals surface area contributed by atoms with Crippen molar-refractivity contribution in [2.24, 2.45) is 0 Å². The van der Waals surface area contributed by atoms with Gasteiger partial charge >= 0.3 is 0 Å². The summed E-state index contributed by atoms with van der Waals surface area (Å²) in [6, 6.07) is 10.3. The smallest absolute Gasteiger partial charge is 0.138 e. The largest absolute Gasteiger partial charge is 0.361 e. The summed E-state index contributed by atoms with van der Waals surface area (Å²) in [5.74, 6) is 0.883. The second-order valence-corrected chi connectivity index (χ2v) is 5.02. The van der Waals surface area contributed by atoms with Crippen molar-refractivity contribution in [3.8, 4) is 5.69 Å². The molecule has 2 heterocycles. The quantitative estimate of drug-likeness (QED) is 0.782. The monoisotopic (exact) mass is 282 g/mol. The average Bonchev–Trinajstić information content (AvgIpc) is 3.13. The lowest BCUT2D eigenvalue weighted by Gasteiger charge is -2.06. The van der Waals surface area contributed by atoms with E-state index in [1.165, 1.54) is 5.56 Å². The summed E-state index contributed by atoms with van der Waals surface area (Å²) < 4.78 is 7.00. The highest BCUT2D eigenvalue weighted by Gasteiger charge is 2.07. The lowest BCUT2D eigenvalue weighted by atomic mass is 10.2. The molecule has 1 N–H and O–H groups in total. The molecule has 0 atom stereocenters. The maximum absolute atomic E-state index is 5.16. The summed E-state index contributed by atoms with van der Waals surface area (Å²) in [5, 5.41) is 11.6. The molecule has 0 radical (unpaired) electrons. The number of nitrogens with zero attached hydrogens (tertiary/aromatic N) is 3. The zero-order valence-corrected chi connectivity index (χ0v) is 12.2. The number of aryl methyl sites for hydroxylation is 2. The molecule has 3 rings (SSSR count). The van der Waals surface area contributed by atoms with Gasteiger partial charge < -0.3 is 9.84 Å². The molecule has 0 unspecified atom stereocenters. The second-order valence-electron chi connectivity index (χ2n) is 5.02. The molecule has 0 fully saturated rings. The Kier molecular flexibility index (Phi) is 3.83. The summed E-state index contributed by atoms with van der Waals surface area (Å²) >= 11 is 0. The van der Waals surface area contributed by atoms with Gasteiger partial charge in [0.1, 0.15) is 5.76 Å². The zero-order valence-electron chi connectivity index (χ0n) is 12.2. The van der Waals surface area contributed by atoms with E-state index in [1.807, 2.05) is 30.8 Å². The Bertz CT molecular complexity index is 679. The van der Waals surface area contributed by atoms with Crippen LogP contribution in [0, 0.1) is 13.8 Å². The van der Waals surface area contributed by atoms with Crippen molar-refractivity contribution in [3.63, 3.8) is 0 Å². The predicted molar refractivity (Wildman–Crippen MR) is 80.1 cm³/mol. The van der Waals surface area contributed by atoms with Crippen molar-refractivity contribution in [3.05, 3.63) is 65.3 Å². The minimum atomic E-state index is 0.766. The van der Waals surface area contributed by atoms with E-state index in [0.717, 1.165) is 35.8 Å². The molecule has 0 bridgehead atoms. The van der Waals surface area contributed by atoms with Gasteiger partial charge in [0.15, 0.2) is 0 Å². The predicted octanol–water partition coefficient (Wildman–Crippen LogP) is 2.77. The van der Waals surface area contributed by atoms with Crippen molar-refractivity contribution in [1.29, 1.82) is 0 Å². The van der Waals surface area contributed by atoms with E-state index < -0.39 is 0 Å². The van der Waals surface area contributed by atoms with Gasteiger partial charge in [-0.15, -0.1) is 0 Å². The summed E-state index contributed by atoms with van der Waals surface area (Å²) in [6.45, 7) is 5.48. The van der Waals surface area contributed by atoms with Gasteiger partial charge in [-0.1, -0.05) is 17.3 Å². The molecule has 0 saturated heterocycles. The second kappa shape index (κ2) is 5.93. The Balaban J connectivity index is 1.59. The molecule has 0 aliphatic heterocycles. The van der Waals surface area contributed by atoms with Gasteiger partial charge in [0, 0.05) is 31.0 Å². The number of nitrogens with one attached hydrogen (secondary N) is 1. The van der Waals surface area contributed by atoms with Gasteiger partial charge in [0.2, 0.25) is 0 Å². The Morgan fingerprint density at radius 2 is 1.95 bits per heavy atom. The third-order valence-electron chi connectivity index (χ3n) is 3.52. The fourth-order valence-electron chi connectivity index (χ4n) is 2.27. The first-order chi connectivity index (χ1) is 10.2. The van der Waals surface area contributed by atoms with Crippen LogP contribution in [0.1, 0.15) is 22.6 Å². The van der Waals surface area contributed by atoms with Crippen LogP contribution in [0.25, 0.3) is 5.69 Å². The standard InChI is InChI=1S/C16H18N4O/c1-12-16(13(2)21-19-12)11-17-10-14-4-6-15(7-5-14)20-9-3-8-18-20/h3-9,17H,10-11H2,1-2H3. The number of benzene rings is 1. The number of hydrogen-bond acceptors (Lipinski definition) is 4. The highest BCUT2D eigenvalue weighted by Crippen LogP contribution is 2.12. The van der Waals surface area contributed by atoms with E-state index in [9.17, 15) is 0 Å². The Hall–Kier alpha value is -2.40. The molecule has 5 nitrogen and oxygen atoms in total. The third kappa shape index (κ3) is 3.03. The topological polar surface area (TPSA) is 55.9 Å². The first-order valence-electron chi connectivity index (χ1n) is 6.95. The molecule has 0 amide bonds. The van der Waals surface area contributed by atoms with Crippen LogP contribution in [0.4, 0.5) is 0 Å². The van der Waals surface area contributed by atoms with Crippen molar-refractivity contribution >= 4 is 0 Å². The lowest BCUT2D eigenvalue weighted by Crippen LogP contribution is -2.13. The van der Waals surface area contributed by atoms with Gasteiger partial charge in [0.25, 0.3) is 0 Å². The van der Waals surface area contributed by atoms with Crippen LogP contribution in [0.3, 0.4) is 0 Å². The first kappa shape index (κ1) is 13.6. The summed E-state index contributed by atoms with van der Waals surface area (Å²) in [4.78, 5) is 0. The molecule has 0 aliphatic rings. The number of aromatic nitrogens is 3. The average molecular weight is 282 g/mol. The highest BCUT2D eigenvalue weighted by molar-refractivity contribution is 5.33. The van der Waals surface area contributed by atoms with E-state index in [4.69, 9.17) is 4.52 Å². The van der Waals surface area contributed by atoms with Crippen LogP contribution in [0.5, 0.6) is 0 Å². The Labute approximate surface area is 123 Å². The normalized spacial score (nSPS) is 11.0.